The maximum Gasteiger partial charge on any atom is 0.129 e. The fourth-order valence-corrected chi connectivity index (χ4v) is 6.16. The minimum atomic E-state index is -0.733. The second-order valence-corrected chi connectivity index (χ2v) is 9.38. The summed E-state index contributed by atoms with van der Waals surface area (Å²) in [4.78, 5) is 0. The molecule has 2 aromatic rings. The maximum absolute atomic E-state index is 14.9. The Balaban J connectivity index is 1.34. The molecule has 0 aromatic heterocycles. The Bertz CT molecular complexity index is 923. The minimum absolute atomic E-state index is 0.0782. The summed E-state index contributed by atoms with van der Waals surface area (Å²) in [6.07, 6.45) is 4.89. The van der Waals surface area contributed by atoms with Gasteiger partial charge in [-0.25, -0.2) is 8.78 Å². The predicted molar refractivity (Wildman–Crippen MR) is 112 cm³/mol. The van der Waals surface area contributed by atoms with E-state index in [1.807, 2.05) is 25.1 Å². The molecule has 2 aromatic carbocycles. The highest BCUT2D eigenvalue weighted by atomic mass is 19.1. The normalized spacial score (nSPS) is 31.0. The number of rotatable bonds is 6. The van der Waals surface area contributed by atoms with Crippen LogP contribution in [0.25, 0.3) is 0 Å². The molecular weight excluding hydrogens is 382 g/mol. The van der Waals surface area contributed by atoms with E-state index >= 15 is 0 Å². The summed E-state index contributed by atoms with van der Waals surface area (Å²) in [7, 11) is 0. The highest BCUT2D eigenvalue weighted by Gasteiger charge is 2.46. The lowest BCUT2D eigenvalue weighted by molar-refractivity contribution is 0.162. The van der Waals surface area contributed by atoms with E-state index in [1.54, 1.807) is 18.2 Å². The van der Waals surface area contributed by atoms with Crippen LogP contribution < -0.4 is 0 Å². The number of benzene rings is 2. The van der Waals surface area contributed by atoms with E-state index in [-0.39, 0.29) is 23.7 Å². The largest absolute Gasteiger partial charge is 0.388 e. The number of aliphatic hydroxyl groups excluding tert-OH is 1. The lowest BCUT2D eigenvalue weighted by atomic mass is 9.82. The van der Waals surface area contributed by atoms with Crippen LogP contribution in [0.1, 0.15) is 91.7 Å². The molecule has 5 rings (SSSR count). The molecule has 2 aliphatic carbocycles. The van der Waals surface area contributed by atoms with Gasteiger partial charge in [-0.2, -0.15) is 0 Å². The third-order valence-electron chi connectivity index (χ3n) is 7.71. The summed E-state index contributed by atoms with van der Waals surface area (Å²) in [5.74, 6) is 1.12. The summed E-state index contributed by atoms with van der Waals surface area (Å²) in [6, 6.07) is 11.1. The molecule has 6 atom stereocenters. The fraction of sp³-hybridized carbons (Fsp3) is 0.538. The highest BCUT2D eigenvalue weighted by molar-refractivity contribution is 5.34. The smallest absolute Gasteiger partial charge is 0.129 e. The minimum Gasteiger partial charge on any atom is -0.388 e. The van der Waals surface area contributed by atoms with Gasteiger partial charge >= 0.3 is 0 Å². The van der Waals surface area contributed by atoms with Gasteiger partial charge in [-0.15, -0.1) is 0 Å². The number of ether oxygens (including phenoxy) is 1. The lowest BCUT2D eigenvalue weighted by Crippen LogP contribution is -2.13. The molecule has 160 valence electrons. The van der Waals surface area contributed by atoms with E-state index in [1.165, 1.54) is 0 Å². The molecule has 6 unspecified atom stereocenters. The van der Waals surface area contributed by atoms with Crippen LogP contribution in [-0.2, 0) is 4.74 Å². The van der Waals surface area contributed by atoms with Gasteiger partial charge in [-0.05, 0) is 84.6 Å². The van der Waals surface area contributed by atoms with Crippen LogP contribution >= 0.6 is 0 Å². The lowest BCUT2D eigenvalue weighted by Gasteiger charge is -2.22. The summed E-state index contributed by atoms with van der Waals surface area (Å²) in [6.45, 7) is 2.68. The molecule has 0 spiro atoms. The first-order valence-electron chi connectivity index (χ1n) is 11.4. The Morgan fingerprint density at radius 2 is 1.60 bits per heavy atom. The average molecular weight is 413 g/mol. The molecule has 1 N–H and O–H groups in total. The molecular formula is C26H30F2O2. The van der Waals surface area contributed by atoms with Gasteiger partial charge in [0, 0.05) is 5.56 Å². The molecule has 2 nitrogen and oxygen atoms in total. The first-order valence-corrected chi connectivity index (χ1v) is 11.4. The summed E-state index contributed by atoms with van der Waals surface area (Å²) >= 11 is 0. The molecule has 4 heteroatoms. The van der Waals surface area contributed by atoms with Crippen molar-refractivity contribution in [1.82, 2.24) is 0 Å². The van der Waals surface area contributed by atoms with Crippen molar-refractivity contribution in [3.63, 3.8) is 0 Å². The molecule has 30 heavy (non-hydrogen) atoms. The van der Waals surface area contributed by atoms with Gasteiger partial charge in [0.15, 0.2) is 0 Å². The summed E-state index contributed by atoms with van der Waals surface area (Å²) in [5.41, 5.74) is 3.23. The molecule has 0 radical (unpaired) electrons. The molecule has 0 bridgehead atoms. The zero-order valence-electron chi connectivity index (χ0n) is 17.5. The first-order chi connectivity index (χ1) is 14.6. The van der Waals surface area contributed by atoms with Gasteiger partial charge in [-0.1, -0.05) is 37.6 Å². The van der Waals surface area contributed by atoms with E-state index in [0.717, 1.165) is 48.8 Å². The van der Waals surface area contributed by atoms with Crippen LogP contribution in [0.15, 0.2) is 36.4 Å². The monoisotopic (exact) mass is 412 g/mol. The van der Waals surface area contributed by atoms with Gasteiger partial charge < -0.3 is 9.84 Å². The molecule has 3 fully saturated rings. The van der Waals surface area contributed by atoms with Crippen molar-refractivity contribution in [2.24, 2.45) is 11.8 Å². The van der Waals surface area contributed by atoms with Crippen molar-refractivity contribution in [1.29, 1.82) is 0 Å². The summed E-state index contributed by atoms with van der Waals surface area (Å²) < 4.78 is 34.9. The molecule has 1 aliphatic heterocycles. The molecule has 2 saturated carbocycles. The van der Waals surface area contributed by atoms with Crippen molar-refractivity contribution >= 4 is 0 Å². The van der Waals surface area contributed by atoms with Crippen LogP contribution in [0.5, 0.6) is 0 Å². The van der Waals surface area contributed by atoms with Gasteiger partial charge in [0.25, 0.3) is 0 Å². The number of aliphatic hydroxyl groups is 1. The Hall–Kier alpha value is -1.78. The van der Waals surface area contributed by atoms with Crippen molar-refractivity contribution in [3.8, 4) is 0 Å². The third kappa shape index (κ3) is 3.58. The van der Waals surface area contributed by atoms with Crippen molar-refractivity contribution in [2.45, 2.75) is 69.5 Å². The number of hydrogen-bond donors (Lipinski definition) is 1. The molecule has 1 heterocycles. The Morgan fingerprint density at radius 1 is 0.933 bits per heavy atom. The molecule has 1 saturated heterocycles. The number of epoxide rings is 1. The van der Waals surface area contributed by atoms with Gasteiger partial charge in [0.2, 0.25) is 0 Å². The van der Waals surface area contributed by atoms with Crippen molar-refractivity contribution in [2.75, 3.05) is 6.61 Å². The molecule has 3 aliphatic rings. The Labute approximate surface area is 177 Å². The van der Waals surface area contributed by atoms with E-state index in [0.29, 0.717) is 36.3 Å². The Kier molecular flexibility index (Phi) is 5.40. The summed E-state index contributed by atoms with van der Waals surface area (Å²) in [5, 5.41) is 10.2. The predicted octanol–water partition coefficient (Wildman–Crippen LogP) is 6.56. The Morgan fingerprint density at radius 3 is 2.27 bits per heavy atom. The maximum atomic E-state index is 14.9. The topological polar surface area (TPSA) is 32.8 Å². The highest BCUT2D eigenvalue weighted by Crippen LogP contribution is 2.58. The molecule has 0 amide bonds. The van der Waals surface area contributed by atoms with Crippen LogP contribution in [-0.4, -0.2) is 11.7 Å². The standard InChI is InChI=1S/C26H30F2O2/c1-2-3-25(29)22-7-4-15(12-24(22)28)17-8-9-19-18(17)10-11-20(19)21-6-5-16(13-23(21)27)26-14-30-26/h4-7,12-13,17-20,25-26,29H,2-3,8-11,14H2,1H3. The quantitative estimate of drug-likeness (QED) is 0.545. The van der Waals surface area contributed by atoms with E-state index < -0.39 is 6.10 Å². The fourth-order valence-electron chi connectivity index (χ4n) is 6.16. The van der Waals surface area contributed by atoms with Crippen molar-refractivity contribution < 1.29 is 18.6 Å². The number of halogens is 2. The number of fused-ring (bicyclic) bond motifs is 1. The van der Waals surface area contributed by atoms with E-state index in [2.05, 4.69) is 0 Å². The zero-order valence-corrected chi connectivity index (χ0v) is 17.5. The second-order valence-electron chi connectivity index (χ2n) is 9.38. The van der Waals surface area contributed by atoms with Gasteiger partial charge in [0.05, 0.1) is 12.7 Å². The van der Waals surface area contributed by atoms with E-state index in [9.17, 15) is 13.9 Å². The second kappa shape index (κ2) is 8.05. The van der Waals surface area contributed by atoms with Crippen molar-refractivity contribution in [3.05, 3.63) is 70.3 Å². The van der Waals surface area contributed by atoms with Gasteiger partial charge in [0.1, 0.15) is 17.7 Å². The van der Waals surface area contributed by atoms with Gasteiger partial charge in [-0.3, -0.25) is 0 Å². The third-order valence-corrected chi connectivity index (χ3v) is 7.71. The number of hydrogen-bond acceptors (Lipinski definition) is 2. The zero-order chi connectivity index (χ0) is 20.8. The van der Waals surface area contributed by atoms with Crippen LogP contribution in [0.3, 0.4) is 0 Å². The SMILES string of the molecule is CCCC(O)c1ccc(C2CCC3C(c4ccc(C5CO5)cc4F)CCC23)cc1F. The van der Waals surface area contributed by atoms with Crippen LogP contribution in [0.4, 0.5) is 8.78 Å². The first kappa shape index (κ1) is 20.1. The van der Waals surface area contributed by atoms with E-state index in [4.69, 9.17) is 4.74 Å². The van der Waals surface area contributed by atoms with Crippen LogP contribution in [0.2, 0.25) is 0 Å². The van der Waals surface area contributed by atoms with Crippen LogP contribution in [0, 0.1) is 23.5 Å². The average Bonchev–Trinajstić information content (AvgIpc) is 3.37.